The van der Waals surface area contributed by atoms with E-state index >= 15 is 0 Å². The summed E-state index contributed by atoms with van der Waals surface area (Å²) in [4.78, 5) is 12.5. The van der Waals surface area contributed by atoms with Crippen LogP contribution in [0.2, 0.25) is 0 Å². The van der Waals surface area contributed by atoms with Crippen LogP contribution in [0.4, 0.5) is 5.69 Å². The van der Waals surface area contributed by atoms with Crippen molar-refractivity contribution >= 4 is 11.6 Å². The number of para-hydroxylation sites is 2. The molecule has 112 valence electrons. The van der Waals surface area contributed by atoms with E-state index in [1.54, 1.807) is 0 Å². The molecule has 0 spiro atoms. The predicted molar refractivity (Wildman–Crippen MR) is 80.9 cm³/mol. The molecule has 3 N–H and O–H groups in total. The third kappa shape index (κ3) is 2.13. The highest BCUT2D eigenvalue weighted by molar-refractivity contribution is 5.96. The lowest BCUT2D eigenvalue weighted by Crippen LogP contribution is -2.19. The fourth-order valence-corrected chi connectivity index (χ4v) is 4.76. The van der Waals surface area contributed by atoms with Crippen molar-refractivity contribution in [1.82, 2.24) is 0 Å². The number of ether oxygens (including phenoxy) is 1. The number of nitrogens with one attached hydrogen (secondary N) is 1. The van der Waals surface area contributed by atoms with Crippen molar-refractivity contribution in [3.05, 3.63) is 24.3 Å². The smallest absolute Gasteiger partial charge is 0.228 e. The Morgan fingerprint density at radius 3 is 2.67 bits per heavy atom. The summed E-state index contributed by atoms with van der Waals surface area (Å²) in [6.45, 7) is 0.935. The van der Waals surface area contributed by atoms with Crippen LogP contribution in [0.15, 0.2) is 24.3 Å². The molecule has 3 aliphatic rings. The fourth-order valence-electron chi connectivity index (χ4n) is 4.76. The second kappa shape index (κ2) is 5.02. The largest absolute Gasteiger partial charge is 0.490 e. The Morgan fingerprint density at radius 1 is 1.24 bits per heavy atom. The number of amides is 1. The highest BCUT2D eigenvalue weighted by Gasteiger charge is 2.67. The maximum atomic E-state index is 12.5. The van der Waals surface area contributed by atoms with E-state index in [2.05, 4.69) is 5.32 Å². The van der Waals surface area contributed by atoms with Crippen molar-refractivity contribution in [1.29, 1.82) is 0 Å². The standard InChI is InChI=1S/C17H22N2O2/c18-7-8-21-13-4-2-1-3-12(13)19-17(20)16-14-10-5-6-11(9-10)15(14)16/h1-4,10-11,14-16H,5-9,18H2,(H,19,20). The topological polar surface area (TPSA) is 64.3 Å². The van der Waals surface area contributed by atoms with Crippen LogP contribution in [0.1, 0.15) is 19.3 Å². The van der Waals surface area contributed by atoms with Gasteiger partial charge in [0.2, 0.25) is 5.91 Å². The van der Waals surface area contributed by atoms with Crippen LogP contribution >= 0.6 is 0 Å². The lowest BCUT2D eigenvalue weighted by molar-refractivity contribution is -0.118. The van der Waals surface area contributed by atoms with E-state index in [9.17, 15) is 4.79 Å². The van der Waals surface area contributed by atoms with Crippen molar-refractivity contribution in [2.45, 2.75) is 19.3 Å². The zero-order valence-electron chi connectivity index (χ0n) is 12.1. The average molecular weight is 286 g/mol. The number of carbonyl (C=O) groups is 1. The van der Waals surface area contributed by atoms with E-state index in [-0.39, 0.29) is 11.8 Å². The lowest BCUT2D eigenvalue weighted by Gasteiger charge is -2.13. The van der Waals surface area contributed by atoms with E-state index in [1.165, 1.54) is 19.3 Å². The number of fused-ring (bicyclic) bond motifs is 5. The summed E-state index contributed by atoms with van der Waals surface area (Å²) >= 11 is 0. The molecule has 21 heavy (non-hydrogen) atoms. The van der Waals surface area contributed by atoms with Gasteiger partial charge >= 0.3 is 0 Å². The summed E-state index contributed by atoms with van der Waals surface area (Å²) in [7, 11) is 0. The molecule has 3 fully saturated rings. The molecule has 1 aromatic rings. The molecule has 3 aliphatic carbocycles. The third-order valence-electron chi connectivity index (χ3n) is 5.56. The van der Waals surface area contributed by atoms with Crippen LogP contribution < -0.4 is 15.8 Å². The summed E-state index contributed by atoms with van der Waals surface area (Å²) in [5, 5.41) is 3.07. The van der Waals surface area contributed by atoms with Crippen molar-refractivity contribution in [3.63, 3.8) is 0 Å². The number of rotatable bonds is 5. The number of nitrogens with two attached hydrogens (primary N) is 1. The van der Waals surface area contributed by atoms with Gasteiger partial charge in [-0.05, 0) is 55.1 Å². The highest BCUT2D eigenvalue weighted by Crippen LogP contribution is 2.69. The Morgan fingerprint density at radius 2 is 1.95 bits per heavy atom. The summed E-state index contributed by atoms with van der Waals surface area (Å²) in [5.74, 6) is 4.12. The molecule has 4 nitrogen and oxygen atoms in total. The number of benzene rings is 1. The predicted octanol–water partition coefficient (Wildman–Crippen LogP) is 2.25. The average Bonchev–Trinajstić information content (AvgIpc) is 2.95. The van der Waals surface area contributed by atoms with Gasteiger partial charge in [-0.25, -0.2) is 0 Å². The first-order valence-electron chi connectivity index (χ1n) is 8.02. The quantitative estimate of drug-likeness (QED) is 0.872. The summed E-state index contributed by atoms with van der Waals surface area (Å²) in [5.41, 5.74) is 6.24. The van der Waals surface area contributed by atoms with Gasteiger partial charge in [0.25, 0.3) is 0 Å². The highest BCUT2D eigenvalue weighted by atomic mass is 16.5. The van der Waals surface area contributed by atoms with Gasteiger partial charge in [0.1, 0.15) is 12.4 Å². The number of hydrogen-bond acceptors (Lipinski definition) is 3. The molecule has 0 aromatic heterocycles. The second-order valence-electron chi connectivity index (χ2n) is 6.64. The first-order chi connectivity index (χ1) is 10.3. The molecule has 0 heterocycles. The first kappa shape index (κ1) is 13.1. The van der Waals surface area contributed by atoms with Crippen molar-refractivity contribution in [2.75, 3.05) is 18.5 Å². The van der Waals surface area contributed by atoms with Gasteiger partial charge < -0.3 is 15.8 Å². The Kier molecular flexibility index (Phi) is 3.14. The van der Waals surface area contributed by atoms with Crippen molar-refractivity contribution in [3.8, 4) is 5.75 Å². The molecule has 4 heteroatoms. The van der Waals surface area contributed by atoms with Crippen molar-refractivity contribution < 1.29 is 9.53 Å². The Bertz CT molecular complexity index is 543. The molecule has 4 atom stereocenters. The zero-order chi connectivity index (χ0) is 14.4. The molecular weight excluding hydrogens is 264 g/mol. The molecule has 0 aliphatic heterocycles. The maximum absolute atomic E-state index is 12.5. The third-order valence-corrected chi connectivity index (χ3v) is 5.56. The summed E-state index contributed by atoms with van der Waals surface area (Å²) in [6.07, 6.45) is 4.05. The van der Waals surface area contributed by atoms with Gasteiger partial charge in [0.15, 0.2) is 0 Å². The van der Waals surface area contributed by atoms with Gasteiger partial charge in [0, 0.05) is 12.5 Å². The number of carbonyl (C=O) groups excluding carboxylic acids is 1. The van der Waals surface area contributed by atoms with Gasteiger partial charge in [-0.2, -0.15) is 0 Å². The van der Waals surface area contributed by atoms with Crippen LogP contribution in [0.5, 0.6) is 5.75 Å². The molecule has 2 bridgehead atoms. The minimum absolute atomic E-state index is 0.186. The number of hydrogen-bond donors (Lipinski definition) is 2. The van der Waals surface area contributed by atoms with Crippen LogP contribution in [0, 0.1) is 29.6 Å². The maximum Gasteiger partial charge on any atom is 0.228 e. The van der Waals surface area contributed by atoms with Gasteiger partial charge in [-0.1, -0.05) is 12.1 Å². The molecule has 1 amide bonds. The van der Waals surface area contributed by atoms with Gasteiger partial charge in [-0.15, -0.1) is 0 Å². The normalized spacial score (nSPS) is 35.4. The Hall–Kier alpha value is -1.55. The minimum atomic E-state index is 0.186. The molecular formula is C17H22N2O2. The van der Waals surface area contributed by atoms with Crippen molar-refractivity contribution in [2.24, 2.45) is 35.3 Å². The molecule has 4 rings (SSSR count). The minimum Gasteiger partial charge on any atom is -0.490 e. The van der Waals surface area contributed by atoms with E-state index in [0.717, 1.165) is 17.5 Å². The van der Waals surface area contributed by atoms with Gasteiger partial charge in [-0.3, -0.25) is 4.79 Å². The van der Waals surface area contributed by atoms with E-state index in [0.29, 0.717) is 30.7 Å². The Labute approximate surface area is 125 Å². The fraction of sp³-hybridized carbons (Fsp3) is 0.588. The number of anilines is 1. The first-order valence-corrected chi connectivity index (χ1v) is 8.02. The molecule has 3 saturated carbocycles. The van der Waals surface area contributed by atoms with Crippen LogP contribution in [-0.2, 0) is 4.79 Å². The second-order valence-corrected chi connectivity index (χ2v) is 6.64. The monoisotopic (exact) mass is 286 g/mol. The van der Waals surface area contributed by atoms with Crippen LogP contribution in [0.25, 0.3) is 0 Å². The lowest BCUT2D eigenvalue weighted by atomic mass is 10.0. The van der Waals surface area contributed by atoms with E-state index in [4.69, 9.17) is 10.5 Å². The summed E-state index contributed by atoms with van der Waals surface area (Å²) in [6, 6.07) is 7.61. The SMILES string of the molecule is NCCOc1ccccc1NC(=O)C1C2C3CCC(C3)C12. The summed E-state index contributed by atoms with van der Waals surface area (Å²) < 4.78 is 5.60. The Balaban J connectivity index is 1.44. The molecule has 0 saturated heterocycles. The van der Waals surface area contributed by atoms with Gasteiger partial charge in [0.05, 0.1) is 5.69 Å². The van der Waals surface area contributed by atoms with Crippen LogP contribution in [-0.4, -0.2) is 19.1 Å². The van der Waals surface area contributed by atoms with Crippen LogP contribution in [0.3, 0.4) is 0 Å². The molecule has 0 radical (unpaired) electrons. The molecule has 4 unspecified atom stereocenters. The van der Waals surface area contributed by atoms with E-state index < -0.39 is 0 Å². The van der Waals surface area contributed by atoms with E-state index in [1.807, 2.05) is 24.3 Å². The zero-order valence-corrected chi connectivity index (χ0v) is 12.1. The molecule has 1 aromatic carbocycles.